The molecule has 1 fully saturated rings. The molecule has 1 amide bonds. The van der Waals surface area contributed by atoms with Crippen LogP contribution in [0.5, 0.6) is 5.75 Å². The van der Waals surface area contributed by atoms with Crippen molar-refractivity contribution in [2.45, 2.75) is 6.92 Å². The Kier molecular flexibility index (Phi) is 8.01. The summed E-state index contributed by atoms with van der Waals surface area (Å²) in [6.07, 6.45) is 0. The van der Waals surface area contributed by atoms with E-state index in [2.05, 4.69) is 4.90 Å². The molecule has 0 spiro atoms. The number of thiophene rings is 1. The third-order valence-electron chi connectivity index (χ3n) is 5.11. The maximum absolute atomic E-state index is 13.4. The number of aromatic nitrogens is 1. The summed E-state index contributed by atoms with van der Waals surface area (Å²) in [5.74, 6) is 0.359. The Morgan fingerprint density at radius 3 is 2.69 bits per heavy atom. The number of nitrogens with zero attached hydrogens (tertiary/aromatic N) is 4. The molecule has 0 atom stereocenters. The number of amides is 1. The first kappa shape index (κ1) is 24.3. The third kappa shape index (κ3) is 5.02. The van der Waals surface area contributed by atoms with Crippen molar-refractivity contribution in [3.63, 3.8) is 0 Å². The number of morpholine rings is 1. The fourth-order valence-corrected chi connectivity index (χ4v) is 5.25. The zero-order chi connectivity index (χ0) is 22.0. The van der Waals surface area contributed by atoms with Gasteiger partial charge in [0, 0.05) is 32.2 Å². The highest BCUT2D eigenvalue weighted by Crippen LogP contribution is 2.37. The van der Waals surface area contributed by atoms with Crippen LogP contribution in [0.15, 0.2) is 24.3 Å². The lowest BCUT2D eigenvalue weighted by Gasteiger charge is -2.29. The fraction of sp³-hybridized carbons (Fsp3) is 0.400. The lowest BCUT2D eigenvalue weighted by molar-refractivity contribution is -0.380. The third-order valence-corrected chi connectivity index (χ3v) is 7.35. The topological polar surface area (TPSA) is 98.0 Å². The number of ether oxygens (including phenoxy) is 2. The van der Waals surface area contributed by atoms with Crippen molar-refractivity contribution in [2.75, 3.05) is 51.4 Å². The van der Waals surface area contributed by atoms with E-state index in [0.717, 1.165) is 34.7 Å². The first-order chi connectivity index (χ1) is 15.0. The minimum atomic E-state index is -0.481. The van der Waals surface area contributed by atoms with Gasteiger partial charge in [0.05, 0.1) is 34.8 Å². The number of fused-ring (bicyclic) bond motifs is 1. The number of thiazole rings is 1. The van der Waals surface area contributed by atoms with E-state index in [-0.39, 0.29) is 23.3 Å². The molecule has 0 unspecified atom stereocenters. The second-order valence-corrected chi connectivity index (χ2v) is 9.10. The van der Waals surface area contributed by atoms with E-state index in [1.807, 2.05) is 19.1 Å². The van der Waals surface area contributed by atoms with Crippen molar-refractivity contribution in [3.8, 4) is 5.75 Å². The van der Waals surface area contributed by atoms with Crippen molar-refractivity contribution in [1.82, 2.24) is 9.88 Å². The highest BCUT2D eigenvalue weighted by molar-refractivity contribution is 7.22. The largest absolute Gasteiger partial charge is 0.494 e. The average molecular weight is 499 g/mol. The first-order valence-electron chi connectivity index (χ1n) is 9.78. The molecule has 12 heteroatoms. The van der Waals surface area contributed by atoms with E-state index in [1.54, 1.807) is 12.0 Å². The van der Waals surface area contributed by atoms with Crippen LogP contribution in [0.1, 0.15) is 15.2 Å². The van der Waals surface area contributed by atoms with Gasteiger partial charge in [-0.15, -0.1) is 12.4 Å². The zero-order valence-corrected chi connectivity index (χ0v) is 20.1. The van der Waals surface area contributed by atoms with Gasteiger partial charge in [-0.25, -0.2) is 4.98 Å². The summed E-state index contributed by atoms with van der Waals surface area (Å²) in [6, 6.07) is 6.70. The number of rotatable bonds is 7. The molecule has 0 aliphatic carbocycles. The Hall–Kier alpha value is -2.31. The van der Waals surface area contributed by atoms with Gasteiger partial charge < -0.3 is 9.47 Å². The minimum absolute atomic E-state index is 0. The molecular formula is C20H23ClN4O5S2. The number of carbonyl (C=O) groups is 1. The van der Waals surface area contributed by atoms with Crippen LogP contribution in [-0.2, 0) is 4.74 Å². The van der Waals surface area contributed by atoms with E-state index < -0.39 is 4.92 Å². The predicted molar refractivity (Wildman–Crippen MR) is 128 cm³/mol. The first-order valence-corrected chi connectivity index (χ1v) is 11.4. The van der Waals surface area contributed by atoms with Crippen molar-refractivity contribution in [1.29, 1.82) is 0 Å². The van der Waals surface area contributed by atoms with Gasteiger partial charge in [0.15, 0.2) is 5.13 Å². The van der Waals surface area contributed by atoms with Crippen LogP contribution in [0.3, 0.4) is 0 Å². The lowest BCUT2D eigenvalue weighted by atomic mass is 10.2. The second kappa shape index (κ2) is 10.5. The minimum Gasteiger partial charge on any atom is -0.494 e. The molecule has 4 rings (SSSR count). The van der Waals surface area contributed by atoms with Gasteiger partial charge in [-0.3, -0.25) is 24.7 Å². The predicted octanol–water partition coefficient (Wildman–Crippen LogP) is 3.98. The number of benzene rings is 1. The van der Waals surface area contributed by atoms with Crippen LogP contribution >= 0.6 is 35.1 Å². The van der Waals surface area contributed by atoms with Crippen LogP contribution in [-0.4, -0.2) is 67.2 Å². The van der Waals surface area contributed by atoms with Crippen molar-refractivity contribution in [2.24, 2.45) is 0 Å². The van der Waals surface area contributed by atoms with Crippen LogP contribution < -0.4 is 9.64 Å². The highest BCUT2D eigenvalue weighted by atomic mass is 35.5. The molecule has 1 aromatic carbocycles. The summed E-state index contributed by atoms with van der Waals surface area (Å²) in [5, 5.41) is 11.6. The Bertz CT molecular complexity index is 1110. The Morgan fingerprint density at radius 2 is 2.03 bits per heavy atom. The number of aryl methyl sites for hydroxylation is 1. The molecule has 1 saturated heterocycles. The molecule has 0 radical (unpaired) electrons. The van der Waals surface area contributed by atoms with Crippen LogP contribution in [0.25, 0.3) is 10.2 Å². The molecule has 3 aromatic rings. The smallest absolute Gasteiger partial charge is 0.324 e. The molecular weight excluding hydrogens is 476 g/mol. The van der Waals surface area contributed by atoms with E-state index >= 15 is 0 Å². The van der Waals surface area contributed by atoms with E-state index in [0.29, 0.717) is 47.6 Å². The standard InChI is InChI=1S/C20H22N4O5S2.ClH/c1-13-3-4-14(28-2)17-18(13)31-20(21-17)23(8-7-22-9-11-29-12-10-22)19(25)15-5-6-16(30-15)24(26)27;/h3-6H,7-12H2,1-2H3;1H. The number of halogens is 1. The molecule has 9 nitrogen and oxygen atoms in total. The molecule has 2 aromatic heterocycles. The Morgan fingerprint density at radius 1 is 1.28 bits per heavy atom. The maximum Gasteiger partial charge on any atom is 0.324 e. The van der Waals surface area contributed by atoms with Gasteiger partial charge in [-0.1, -0.05) is 28.7 Å². The molecule has 1 aliphatic heterocycles. The number of methoxy groups -OCH3 is 1. The van der Waals surface area contributed by atoms with Crippen molar-refractivity contribution >= 4 is 61.3 Å². The Balaban J connectivity index is 0.00000289. The number of hydrogen-bond acceptors (Lipinski definition) is 9. The van der Waals surface area contributed by atoms with Gasteiger partial charge in [-0.2, -0.15) is 0 Å². The molecule has 0 N–H and O–H groups in total. The van der Waals surface area contributed by atoms with Crippen molar-refractivity contribution in [3.05, 3.63) is 44.8 Å². The maximum atomic E-state index is 13.4. The molecule has 3 heterocycles. The summed E-state index contributed by atoms with van der Waals surface area (Å²) in [7, 11) is 1.59. The molecule has 1 aliphatic rings. The molecule has 32 heavy (non-hydrogen) atoms. The monoisotopic (exact) mass is 498 g/mol. The van der Waals surface area contributed by atoms with Gasteiger partial charge in [0.1, 0.15) is 11.3 Å². The zero-order valence-electron chi connectivity index (χ0n) is 17.6. The quantitative estimate of drug-likeness (QED) is 0.359. The summed E-state index contributed by atoms with van der Waals surface area (Å²) < 4.78 is 11.8. The van der Waals surface area contributed by atoms with Gasteiger partial charge >= 0.3 is 5.00 Å². The van der Waals surface area contributed by atoms with E-state index in [1.165, 1.54) is 23.5 Å². The molecule has 0 saturated carbocycles. The van der Waals surface area contributed by atoms with Gasteiger partial charge in [-0.05, 0) is 24.6 Å². The summed E-state index contributed by atoms with van der Waals surface area (Å²) >= 11 is 2.31. The van der Waals surface area contributed by atoms with Gasteiger partial charge in [0.25, 0.3) is 5.91 Å². The number of carbonyl (C=O) groups excluding carboxylic acids is 1. The SMILES string of the molecule is COc1ccc(C)c2sc(N(CCN3CCOCC3)C(=O)c3ccc([N+](=O)[O-])s3)nc12.Cl. The van der Waals surface area contributed by atoms with Crippen LogP contribution in [0.4, 0.5) is 10.1 Å². The summed E-state index contributed by atoms with van der Waals surface area (Å²) in [4.78, 5) is 32.9. The summed E-state index contributed by atoms with van der Waals surface area (Å²) in [5.41, 5.74) is 1.76. The lowest BCUT2D eigenvalue weighted by Crippen LogP contribution is -2.43. The van der Waals surface area contributed by atoms with Gasteiger partial charge in [0.2, 0.25) is 0 Å². The van der Waals surface area contributed by atoms with Crippen molar-refractivity contribution < 1.29 is 19.2 Å². The molecule has 172 valence electrons. The number of nitro groups is 1. The fourth-order valence-electron chi connectivity index (χ4n) is 3.40. The Labute approximate surface area is 199 Å². The summed E-state index contributed by atoms with van der Waals surface area (Å²) in [6.45, 7) is 6.02. The van der Waals surface area contributed by atoms with Crippen LogP contribution in [0.2, 0.25) is 0 Å². The number of anilines is 1. The normalized spacial score (nSPS) is 14.2. The highest BCUT2D eigenvalue weighted by Gasteiger charge is 2.26. The average Bonchev–Trinajstić information content (AvgIpc) is 3.43. The number of hydrogen-bond donors (Lipinski definition) is 0. The van der Waals surface area contributed by atoms with Crippen LogP contribution in [0, 0.1) is 17.0 Å². The second-order valence-electron chi connectivity index (χ2n) is 7.06. The van der Waals surface area contributed by atoms with E-state index in [4.69, 9.17) is 14.5 Å². The molecule has 0 bridgehead atoms. The van der Waals surface area contributed by atoms with E-state index in [9.17, 15) is 14.9 Å².